The van der Waals surface area contributed by atoms with Crippen molar-refractivity contribution >= 4 is 17.8 Å². The molecule has 0 bridgehead atoms. The zero-order chi connectivity index (χ0) is 31.9. The fourth-order valence-electron chi connectivity index (χ4n) is 6.82. The highest BCUT2D eigenvalue weighted by Crippen LogP contribution is 2.56. The van der Waals surface area contributed by atoms with Gasteiger partial charge in [-0.2, -0.15) is 0 Å². The molecular formula is C35H52N2O7. The van der Waals surface area contributed by atoms with Gasteiger partial charge in [0.1, 0.15) is 5.41 Å². The van der Waals surface area contributed by atoms with Crippen molar-refractivity contribution in [1.29, 1.82) is 0 Å². The van der Waals surface area contributed by atoms with E-state index in [4.69, 9.17) is 18.9 Å². The molecule has 4 rings (SSSR count). The first-order valence-electron chi connectivity index (χ1n) is 16.4. The van der Waals surface area contributed by atoms with E-state index < -0.39 is 11.3 Å². The molecule has 2 amide bonds. The quantitative estimate of drug-likeness (QED) is 0.186. The zero-order valence-electron chi connectivity index (χ0n) is 27.5. The number of rotatable bonds is 16. The van der Waals surface area contributed by atoms with Gasteiger partial charge in [-0.1, -0.05) is 58.9 Å². The van der Waals surface area contributed by atoms with Gasteiger partial charge in [-0.3, -0.25) is 14.4 Å². The largest absolute Gasteiger partial charge is 0.493 e. The van der Waals surface area contributed by atoms with E-state index in [1.807, 2.05) is 23.1 Å². The third-order valence-electron chi connectivity index (χ3n) is 9.40. The van der Waals surface area contributed by atoms with Gasteiger partial charge in [-0.05, 0) is 61.3 Å². The van der Waals surface area contributed by atoms with Crippen LogP contribution in [0.1, 0.15) is 90.5 Å². The number of ether oxygens (including phenoxy) is 4. The van der Waals surface area contributed by atoms with Gasteiger partial charge in [0, 0.05) is 31.1 Å². The summed E-state index contributed by atoms with van der Waals surface area (Å²) >= 11 is 0. The molecule has 9 heteroatoms. The Morgan fingerprint density at radius 2 is 1.75 bits per heavy atom. The Kier molecular flexibility index (Phi) is 11.7. The normalized spacial score (nSPS) is 24.9. The number of fused-ring (bicyclic) bond motifs is 1. The van der Waals surface area contributed by atoms with Gasteiger partial charge in [0.15, 0.2) is 11.5 Å². The SMILES string of the molecule is CCCCCCCCN1C(=O)[C@@H](CC(=O)NCc2ccc(OC)c(OC)c2)C[C@@]2(C(=O)OC)C1=C[C@H](C(C)C)O[C@@H]2C1CC1. The lowest BCUT2D eigenvalue weighted by Crippen LogP contribution is -2.62. The zero-order valence-corrected chi connectivity index (χ0v) is 27.5. The number of unbranched alkanes of at least 4 members (excludes halogenated alkanes) is 5. The highest BCUT2D eigenvalue weighted by molar-refractivity contribution is 5.92. The molecule has 1 N–H and O–H groups in total. The molecule has 1 saturated heterocycles. The van der Waals surface area contributed by atoms with Gasteiger partial charge >= 0.3 is 5.97 Å². The Bertz CT molecular complexity index is 1190. The minimum atomic E-state index is -1.12. The molecule has 4 atom stereocenters. The second-order valence-corrected chi connectivity index (χ2v) is 12.9. The highest BCUT2D eigenvalue weighted by Gasteiger charge is 2.63. The highest BCUT2D eigenvalue weighted by atomic mass is 16.5. The number of carbonyl (C=O) groups is 3. The van der Waals surface area contributed by atoms with Crippen LogP contribution in [0.5, 0.6) is 11.5 Å². The van der Waals surface area contributed by atoms with E-state index in [-0.39, 0.29) is 61.2 Å². The van der Waals surface area contributed by atoms with Crippen molar-refractivity contribution in [3.63, 3.8) is 0 Å². The second kappa shape index (κ2) is 15.3. The fraction of sp³-hybridized carbons (Fsp3) is 0.686. The molecule has 1 aromatic carbocycles. The molecule has 0 aromatic heterocycles. The fourth-order valence-corrected chi connectivity index (χ4v) is 6.82. The van der Waals surface area contributed by atoms with Gasteiger partial charge in [0.25, 0.3) is 0 Å². The lowest BCUT2D eigenvalue weighted by molar-refractivity contribution is -0.182. The van der Waals surface area contributed by atoms with Crippen LogP contribution in [0.4, 0.5) is 0 Å². The van der Waals surface area contributed by atoms with Gasteiger partial charge < -0.3 is 29.2 Å². The summed E-state index contributed by atoms with van der Waals surface area (Å²) in [5, 5.41) is 2.97. The molecule has 244 valence electrons. The Hall–Kier alpha value is -3.07. The van der Waals surface area contributed by atoms with Crippen molar-refractivity contribution in [2.24, 2.45) is 23.2 Å². The summed E-state index contributed by atoms with van der Waals surface area (Å²) in [6.45, 7) is 7.19. The summed E-state index contributed by atoms with van der Waals surface area (Å²) in [4.78, 5) is 43.3. The molecule has 0 radical (unpaired) electrons. The predicted molar refractivity (Wildman–Crippen MR) is 168 cm³/mol. The van der Waals surface area contributed by atoms with Crippen LogP contribution in [0.2, 0.25) is 0 Å². The van der Waals surface area contributed by atoms with Crippen LogP contribution in [-0.2, 0) is 30.4 Å². The number of amides is 2. The number of hydrogen-bond acceptors (Lipinski definition) is 7. The first-order valence-corrected chi connectivity index (χ1v) is 16.4. The van der Waals surface area contributed by atoms with Crippen molar-refractivity contribution < 1.29 is 33.3 Å². The molecule has 1 aliphatic carbocycles. The average Bonchev–Trinajstić information content (AvgIpc) is 3.87. The van der Waals surface area contributed by atoms with Crippen LogP contribution in [-0.4, -0.2) is 62.8 Å². The third-order valence-corrected chi connectivity index (χ3v) is 9.40. The number of likely N-dealkylation sites (tertiary alicyclic amines) is 1. The minimum Gasteiger partial charge on any atom is -0.493 e. The van der Waals surface area contributed by atoms with Gasteiger partial charge in [0.2, 0.25) is 11.8 Å². The maximum atomic E-state index is 14.2. The molecule has 2 aliphatic heterocycles. The van der Waals surface area contributed by atoms with Crippen LogP contribution < -0.4 is 14.8 Å². The van der Waals surface area contributed by atoms with Crippen molar-refractivity contribution in [3.05, 3.63) is 35.5 Å². The Labute approximate surface area is 263 Å². The van der Waals surface area contributed by atoms with Crippen LogP contribution in [0.15, 0.2) is 30.0 Å². The molecule has 2 heterocycles. The standard InChI is InChI=1S/C35H52N2O7/c1-7-8-9-10-11-12-17-37-30-20-28(23(2)3)44-32(25-14-15-25)35(30,34(40)43-6)21-26(33(37)39)19-31(38)36-22-24-13-16-27(41-4)29(18-24)42-5/h13,16,18,20,23,25-26,28,32H,7-12,14-15,17,19,21-22H2,1-6H3,(H,36,38)/t26-,28+,32+,35+/m0/s1. The first kappa shape index (κ1) is 33.8. The molecular weight excluding hydrogens is 560 g/mol. The number of esters is 1. The molecule has 1 saturated carbocycles. The van der Waals surface area contributed by atoms with E-state index in [0.29, 0.717) is 18.0 Å². The molecule has 2 fully saturated rings. The minimum absolute atomic E-state index is 0.0177. The van der Waals surface area contributed by atoms with E-state index in [1.165, 1.54) is 26.4 Å². The molecule has 0 unspecified atom stereocenters. The molecule has 44 heavy (non-hydrogen) atoms. The van der Waals surface area contributed by atoms with Crippen LogP contribution in [0, 0.1) is 23.2 Å². The summed E-state index contributed by atoms with van der Waals surface area (Å²) in [7, 11) is 4.55. The number of nitrogens with one attached hydrogen (secondary N) is 1. The van der Waals surface area contributed by atoms with Crippen molar-refractivity contribution in [2.45, 2.75) is 104 Å². The molecule has 3 aliphatic rings. The van der Waals surface area contributed by atoms with Crippen LogP contribution in [0.25, 0.3) is 0 Å². The maximum absolute atomic E-state index is 14.2. The van der Waals surface area contributed by atoms with E-state index in [9.17, 15) is 14.4 Å². The van der Waals surface area contributed by atoms with Crippen LogP contribution in [0.3, 0.4) is 0 Å². The van der Waals surface area contributed by atoms with Gasteiger partial charge in [0.05, 0.1) is 33.5 Å². The summed E-state index contributed by atoms with van der Waals surface area (Å²) < 4.78 is 22.9. The number of piperidine rings is 1. The van der Waals surface area contributed by atoms with Crippen LogP contribution >= 0.6 is 0 Å². The van der Waals surface area contributed by atoms with Crippen molar-refractivity contribution in [3.8, 4) is 11.5 Å². The number of hydrogen-bond donors (Lipinski definition) is 1. The summed E-state index contributed by atoms with van der Waals surface area (Å²) in [6, 6.07) is 5.48. The Morgan fingerprint density at radius 3 is 2.39 bits per heavy atom. The number of methoxy groups -OCH3 is 3. The number of benzene rings is 1. The van der Waals surface area contributed by atoms with E-state index in [1.54, 1.807) is 20.3 Å². The third kappa shape index (κ3) is 7.41. The lowest BCUT2D eigenvalue weighted by atomic mass is 9.64. The summed E-state index contributed by atoms with van der Waals surface area (Å²) in [5.41, 5.74) is 0.457. The van der Waals surface area contributed by atoms with Gasteiger partial charge in [-0.25, -0.2) is 0 Å². The van der Waals surface area contributed by atoms with Crippen molar-refractivity contribution in [2.75, 3.05) is 27.9 Å². The Morgan fingerprint density at radius 1 is 1.05 bits per heavy atom. The van der Waals surface area contributed by atoms with Crippen molar-refractivity contribution in [1.82, 2.24) is 10.2 Å². The lowest BCUT2D eigenvalue weighted by Gasteiger charge is -2.53. The monoisotopic (exact) mass is 612 g/mol. The number of nitrogens with zero attached hydrogens (tertiary/aromatic N) is 1. The molecule has 9 nitrogen and oxygen atoms in total. The van der Waals surface area contributed by atoms with Gasteiger partial charge in [-0.15, -0.1) is 0 Å². The predicted octanol–water partition coefficient (Wildman–Crippen LogP) is 5.80. The first-order chi connectivity index (χ1) is 21.2. The maximum Gasteiger partial charge on any atom is 0.320 e. The summed E-state index contributed by atoms with van der Waals surface area (Å²) in [6.07, 6.45) is 10.1. The van der Waals surface area contributed by atoms with E-state index in [2.05, 4.69) is 26.1 Å². The average molecular weight is 613 g/mol. The van der Waals surface area contributed by atoms with E-state index in [0.717, 1.165) is 43.4 Å². The Balaban J connectivity index is 1.59. The molecule has 1 aromatic rings. The topological polar surface area (TPSA) is 103 Å². The van der Waals surface area contributed by atoms with E-state index >= 15 is 0 Å². The number of carbonyl (C=O) groups excluding carboxylic acids is 3. The molecule has 0 spiro atoms. The smallest absolute Gasteiger partial charge is 0.320 e. The second-order valence-electron chi connectivity index (χ2n) is 12.9. The summed E-state index contributed by atoms with van der Waals surface area (Å²) in [5.74, 6) is 0.214.